The van der Waals surface area contributed by atoms with E-state index < -0.39 is 0 Å². The molecule has 4 aromatic rings. The standard InChI is InChI=1S/C19H16N4O/c1-24-18-10-6-5-9-16(18)17-12-11-15-13-20-19(22-23(15)17)21-14-7-3-2-4-8-14/h2-13H,1H3,(H,21,22). The highest BCUT2D eigenvalue weighted by molar-refractivity contribution is 5.72. The van der Waals surface area contributed by atoms with Gasteiger partial charge in [0.15, 0.2) is 0 Å². The summed E-state index contributed by atoms with van der Waals surface area (Å²) in [6.07, 6.45) is 1.80. The van der Waals surface area contributed by atoms with Gasteiger partial charge in [0.2, 0.25) is 5.95 Å². The zero-order valence-electron chi connectivity index (χ0n) is 13.2. The molecule has 0 saturated carbocycles. The van der Waals surface area contributed by atoms with Crippen molar-refractivity contribution in [2.75, 3.05) is 12.4 Å². The second-order valence-electron chi connectivity index (χ2n) is 5.33. The fourth-order valence-electron chi connectivity index (χ4n) is 2.67. The first-order valence-corrected chi connectivity index (χ1v) is 7.65. The van der Waals surface area contributed by atoms with E-state index in [0.29, 0.717) is 5.95 Å². The highest BCUT2D eigenvalue weighted by atomic mass is 16.5. The van der Waals surface area contributed by atoms with Gasteiger partial charge in [0.25, 0.3) is 0 Å². The number of nitrogens with zero attached hydrogens (tertiary/aromatic N) is 3. The van der Waals surface area contributed by atoms with E-state index in [-0.39, 0.29) is 0 Å². The summed E-state index contributed by atoms with van der Waals surface area (Å²) in [4.78, 5) is 4.38. The zero-order valence-corrected chi connectivity index (χ0v) is 13.2. The van der Waals surface area contributed by atoms with E-state index in [1.54, 1.807) is 13.3 Å². The lowest BCUT2D eigenvalue weighted by Crippen LogP contribution is -2.03. The minimum absolute atomic E-state index is 0.543. The Balaban J connectivity index is 1.79. The predicted molar refractivity (Wildman–Crippen MR) is 94.7 cm³/mol. The highest BCUT2D eigenvalue weighted by Crippen LogP contribution is 2.30. The Morgan fingerprint density at radius 2 is 1.71 bits per heavy atom. The molecule has 0 amide bonds. The number of hydrogen-bond acceptors (Lipinski definition) is 4. The molecule has 2 heterocycles. The third-order valence-electron chi connectivity index (χ3n) is 3.81. The van der Waals surface area contributed by atoms with E-state index >= 15 is 0 Å². The zero-order chi connectivity index (χ0) is 16.4. The van der Waals surface area contributed by atoms with Crippen LogP contribution in [0.3, 0.4) is 0 Å². The quantitative estimate of drug-likeness (QED) is 0.614. The number of hydrogen-bond donors (Lipinski definition) is 1. The van der Waals surface area contributed by atoms with Crippen LogP contribution in [0.1, 0.15) is 0 Å². The Bertz CT molecular complexity index is 979. The summed E-state index contributed by atoms with van der Waals surface area (Å²) in [7, 11) is 1.67. The van der Waals surface area contributed by atoms with Crippen molar-refractivity contribution >= 4 is 17.2 Å². The van der Waals surface area contributed by atoms with Gasteiger partial charge >= 0.3 is 0 Å². The van der Waals surface area contributed by atoms with Crippen molar-refractivity contribution < 1.29 is 4.74 Å². The number of fused-ring (bicyclic) bond motifs is 1. The summed E-state index contributed by atoms with van der Waals surface area (Å²) >= 11 is 0. The molecule has 5 heteroatoms. The second kappa shape index (κ2) is 6.04. The molecule has 0 aliphatic heterocycles. The Morgan fingerprint density at radius 1 is 0.917 bits per heavy atom. The number of nitrogens with one attached hydrogen (secondary N) is 1. The molecule has 5 nitrogen and oxygen atoms in total. The fourth-order valence-corrected chi connectivity index (χ4v) is 2.67. The van der Waals surface area contributed by atoms with Crippen molar-refractivity contribution in [1.82, 2.24) is 14.6 Å². The molecule has 0 spiro atoms. The third-order valence-corrected chi connectivity index (χ3v) is 3.81. The lowest BCUT2D eigenvalue weighted by Gasteiger charge is -2.09. The minimum atomic E-state index is 0.543. The first-order chi connectivity index (χ1) is 11.8. The molecular formula is C19H16N4O. The van der Waals surface area contributed by atoms with Gasteiger partial charge in [-0.1, -0.05) is 30.3 Å². The van der Waals surface area contributed by atoms with E-state index in [9.17, 15) is 0 Å². The van der Waals surface area contributed by atoms with Gasteiger partial charge in [-0.05, 0) is 36.4 Å². The van der Waals surface area contributed by atoms with Gasteiger partial charge in [0.1, 0.15) is 5.75 Å². The molecule has 0 fully saturated rings. The first kappa shape index (κ1) is 14.3. The molecule has 0 atom stereocenters. The van der Waals surface area contributed by atoms with Crippen molar-refractivity contribution in [3.8, 4) is 17.0 Å². The summed E-state index contributed by atoms with van der Waals surface area (Å²) in [5.74, 6) is 1.36. The lowest BCUT2D eigenvalue weighted by molar-refractivity contribution is 0.416. The van der Waals surface area contributed by atoms with Gasteiger partial charge in [-0.25, -0.2) is 9.50 Å². The minimum Gasteiger partial charge on any atom is -0.496 e. The number of para-hydroxylation sites is 2. The van der Waals surface area contributed by atoms with Crippen LogP contribution in [0, 0.1) is 0 Å². The number of aromatic nitrogens is 3. The molecule has 2 aromatic carbocycles. The molecule has 1 N–H and O–H groups in total. The molecule has 2 aromatic heterocycles. The summed E-state index contributed by atoms with van der Waals surface area (Å²) in [6, 6.07) is 21.8. The maximum atomic E-state index is 5.47. The Kier molecular flexibility index (Phi) is 3.59. The van der Waals surface area contributed by atoms with Crippen LogP contribution >= 0.6 is 0 Å². The number of methoxy groups -OCH3 is 1. The maximum absolute atomic E-state index is 5.47. The van der Waals surface area contributed by atoms with Crippen LogP contribution in [0.2, 0.25) is 0 Å². The molecule has 0 unspecified atom stereocenters. The first-order valence-electron chi connectivity index (χ1n) is 7.65. The summed E-state index contributed by atoms with van der Waals surface area (Å²) in [5.41, 5.74) is 3.82. The van der Waals surface area contributed by atoms with Crippen LogP contribution in [0.25, 0.3) is 16.8 Å². The van der Waals surface area contributed by atoms with Crippen molar-refractivity contribution in [3.63, 3.8) is 0 Å². The molecule has 118 valence electrons. The van der Waals surface area contributed by atoms with Crippen molar-refractivity contribution in [3.05, 3.63) is 72.9 Å². The van der Waals surface area contributed by atoms with Crippen LogP contribution in [0.5, 0.6) is 5.75 Å². The van der Waals surface area contributed by atoms with Crippen LogP contribution in [-0.2, 0) is 0 Å². The van der Waals surface area contributed by atoms with E-state index in [0.717, 1.165) is 28.2 Å². The Morgan fingerprint density at radius 3 is 2.54 bits per heavy atom. The SMILES string of the molecule is COc1ccccc1-c1ccc2cnc(Nc3ccccc3)nn12. The van der Waals surface area contributed by atoms with Gasteiger partial charge in [-0.15, -0.1) is 5.10 Å². The highest BCUT2D eigenvalue weighted by Gasteiger charge is 2.11. The van der Waals surface area contributed by atoms with Crippen LogP contribution in [0.15, 0.2) is 72.9 Å². The van der Waals surface area contributed by atoms with Crippen LogP contribution in [0.4, 0.5) is 11.6 Å². The number of benzene rings is 2. The van der Waals surface area contributed by atoms with Gasteiger partial charge in [0.05, 0.1) is 24.5 Å². The monoisotopic (exact) mass is 316 g/mol. The van der Waals surface area contributed by atoms with Crippen molar-refractivity contribution in [2.45, 2.75) is 0 Å². The van der Waals surface area contributed by atoms with E-state index in [1.807, 2.05) is 71.2 Å². The Labute approximate surface area is 139 Å². The van der Waals surface area contributed by atoms with Gasteiger partial charge < -0.3 is 10.1 Å². The maximum Gasteiger partial charge on any atom is 0.245 e. The molecule has 24 heavy (non-hydrogen) atoms. The van der Waals surface area contributed by atoms with E-state index in [2.05, 4.69) is 15.4 Å². The molecule has 0 saturated heterocycles. The molecule has 0 bridgehead atoms. The fraction of sp³-hybridized carbons (Fsp3) is 0.0526. The Hall–Kier alpha value is -3.34. The van der Waals surface area contributed by atoms with Crippen molar-refractivity contribution in [1.29, 1.82) is 0 Å². The molecule has 0 aliphatic carbocycles. The van der Waals surface area contributed by atoms with Crippen molar-refractivity contribution in [2.24, 2.45) is 0 Å². The third kappa shape index (κ3) is 2.56. The average Bonchev–Trinajstić information content (AvgIpc) is 3.05. The molecule has 0 aliphatic rings. The lowest BCUT2D eigenvalue weighted by atomic mass is 10.1. The van der Waals surface area contributed by atoms with Crippen LogP contribution in [-0.4, -0.2) is 21.7 Å². The topological polar surface area (TPSA) is 51.5 Å². The molecular weight excluding hydrogens is 300 g/mol. The number of rotatable bonds is 4. The average molecular weight is 316 g/mol. The normalized spacial score (nSPS) is 10.7. The molecule has 0 radical (unpaired) electrons. The van der Waals surface area contributed by atoms with Gasteiger partial charge in [-0.3, -0.25) is 0 Å². The van der Waals surface area contributed by atoms with E-state index in [4.69, 9.17) is 4.74 Å². The smallest absolute Gasteiger partial charge is 0.245 e. The predicted octanol–water partition coefficient (Wildman–Crippen LogP) is 4.15. The second-order valence-corrected chi connectivity index (χ2v) is 5.33. The number of anilines is 2. The van der Waals surface area contributed by atoms with Gasteiger partial charge in [0, 0.05) is 11.3 Å². The summed E-state index contributed by atoms with van der Waals surface area (Å²) in [6.45, 7) is 0. The largest absolute Gasteiger partial charge is 0.496 e. The summed E-state index contributed by atoms with van der Waals surface area (Å²) in [5, 5.41) is 7.84. The molecule has 4 rings (SSSR count). The summed E-state index contributed by atoms with van der Waals surface area (Å²) < 4.78 is 7.34. The number of ether oxygens (including phenoxy) is 1. The van der Waals surface area contributed by atoms with Gasteiger partial charge in [-0.2, -0.15) is 0 Å². The van der Waals surface area contributed by atoms with E-state index in [1.165, 1.54) is 0 Å². The van der Waals surface area contributed by atoms with Crippen LogP contribution < -0.4 is 10.1 Å².